The van der Waals surface area contributed by atoms with Gasteiger partial charge in [-0.25, -0.2) is 0 Å². The Balaban J connectivity index is 0.00000210. The minimum Gasteiger partial charge on any atom is -0.371 e. The van der Waals surface area contributed by atoms with Gasteiger partial charge in [-0.2, -0.15) is 0 Å². The minimum absolute atomic E-state index is 0. The predicted molar refractivity (Wildman–Crippen MR) is 118 cm³/mol. The van der Waals surface area contributed by atoms with Crippen LogP contribution in [0.15, 0.2) is 54.7 Å². The summed E-state index contributed by atoms with van der Waals surface area (Å²) < 4.78 is 0. The van der Waals surface area contributed by atoms with E-state index in [0.717, 1.165) is 19.3 Å². The van der Waals surface area contributed by atoms with Crippen molar-refractivity contribution in [2.24, 2.45) is 0 Å². The van der Waals surface area contributed by atoms with Gasteiger partial charge in [-0.1, -0.05) is 42.5 Å². The van der Waals surface area contributed by atoms with Crippen molar-refractivity contribution in [3.63, 3.8) is 0 Å². The number of hydrogen-bond donors (Lipinski definition) is 0. The molecule has 0 spiro atoms. The second kappa shape index (κ2) is 9.23. The molecule has 4 rings (SSSR count). The first kappa shape index (κ1) is 19.7. The number of pyridine rings is 1. The first-order valence-electron chi connectivity index (χ1n) is 9.98. The molecule has 1 saturated heterocycles. The van der Waals surface area contributed by atoms with Gasteiger partial charge in [0.1, 0.15) is 0 Å². The standard InChI is InChI=1S/C24H28N2.ClH/c1-19-18-25-22(17-24(19)26-15-5-2-6-16-26)13-8-12-21-11-7-10-20-9-3-4-14-23(20)21;/h3-4,7,9-11,14,17-18H,2,5-6,8,12-13,15-16H2,1H3;1H. The molecular weight excluding hydrogens is 352 g/mol. The Labute approximate surface area is 169 Å². The smallest absolute Gasteiger partial charge is 0.0429 e. The molecule has 1 aromatic heterocycles. The number of halogens is 1. The maximum absolute atomic E-state index is 4.70. The largest absolute Gasteiger partial charge is 0.371 e. The summed E-state index contributed by atoms with van der Waals surface area (Å²) in [6, 6.07) is 17.7. The van der Waals surface area contributed by atoms with Crippen molar-refractivity contribution < 1.29 is 0 Å². The van der Waals surface area contributed by atoms with Crippen LogP contribution in [-0.4, -0.2) is 18.1 Å². The minimum atomic E-state index is 0. The molecule has 1 fully saturated rings. The van der Waals surface area contributed by atoms with Crippen molar-refractivity contribution in [1.82, 2.24) is 4.98 Å². The Kier molecular flexibility index (Phi) is 6.73. The van der Waals surface area contributed by atoms with Gasteiger partial charge in [0, 0.05) is 30.7 Å². The zero-order valence-corrected chi connectivity index (χ0v) is 17.0. The number of hydrogen-bond acceptors (Lipinski definition) is 2. The lowest BCUT2D eigenvalue weighted by molar-refractivity contribution is 0.576. The van der Waals surface area contributed by atoms with E-state index >= 15 is 0 Å². The van der Waals surface area contributed by atoms with Crippen LogP contribution in [0.25, 0.3) is 10.8 Å². The first-order valence-corrected chi connectivity index (χ1v) is 9.98. The number of rotatable bonds is 5. The Hall–Kier alpha value is -2.06. The molecule has 2 aromatic carbocycles. The van der Waals surface area contributed by atoms with E-state index in [2.05, 4.69) is 66.6 Å². The third kappa shape index (κ3) is 4.62. The summed E-state index contributed by atoms with van der Waals surface area (Å²) in [4.78, 5) is 7.25. The van der Waals surface area contributed by atoms with Crippen LogP contribution < -0.4 is 4.90 Å². The van der Waals surface area contributed by atoms with Crippen LogP contribution in [0, 0.1) is 6.92 Å². The molecule has 0 atom stereocenters. The number of fused-ring (bicyclic) bond motifs is 1. The van der Waals surface area contributed by atoms with Crippen molar-refractivity contribution in [1.29, 1.82) is 0 Å². The second-order valence-corrected chi connectivity index (χ2v) is 7.50. The normalized spacial score (nSPS) is 14.2. The number of aromatic nitrogens is 1. The van der Waals surface area contributed by atoms with E-state index in [0.29, 0.717) is 0 Å². The lowest BCUT2D eigenvalue weighted by Crippen LogP contribution is -2.30. The van der Waals surface area contributed by atoms with Crippen LogP contribution in [0.1, 0.15) is 42.5 Å². The van der Waals surface area contributed by atoms with Crippen molar-refractivity contribution in [3.05, 3.63) is 71.5 Å². The van der Waals surface area contributed by atoms with E-state index in [1.165, 1.54) is 65.6 Å². The van der Waals surface area contributed by atoms with Gasteiger partial charge in [-0.05, 0) is 73.4 Å². The van der Waals surface area contributed by atoms with Gasteiger partial charge in [0.25, 0.3) is 0 Å². The molecule has 2 heterocycles. The Morgan fingerprint density at radius 1 is 0.926 bits per heavy atom. The highest BCUT2D eigenvalue weighted by Crippen LogP contribution is 2.25. The summed E-state index contributed by atoms with van der Waals surface area (Å²) in [5, 5.41) is 2.73. The topological polar surface area (TPSA) is 16.1 Å². The fourth-order valence-electron chi connectivity index (χ4n) is 4.14. The summed E-state index contributed by atoms with van der Waals surface area (Å²) in [5.41, 5.74) is 5.40. The zero-order chi connectivity index (χ0) is 17.8. The summed E-state index contributed by atoms with van der Waals surface area (Å²) in [6.07, 6.45) is 9.37. The number of piperidine rings is 1. The molecule has 3 heteroatoms. The third-order valence-electron chi connectivity index (χ3n) is 5.59. The van der Waals surface area contributed by atoms with Gasteiger partial charge in [0.15, 0.2) is 0 Å². The fraction of sp³-hybridized carbons (Fsp3) is 0.375. The van der Waals surface area contributed by atoms with E-state index in [4.69, 9.17) is 4.98 Å². The summed E-state index contributed by atoms with van der Waals surface area (Å²) in [7, 11) is 0. The molecule has 1 aliphatic rings. The highest BCUT2D eigenvalue weighted by Gasteiger charge is 2.14. The predicted octanol–water partition coefficient (Wildman–Crippen LogP) is 6.13. The van der Waals surface area contributed by atoms with Crippen molar-refractivity contribution in [2.45, 2.75) is 45.4 Å². The maximum atomic E-state index is 4.70. The van der Waals surface area contributed by atoms with Gasteiger partial charge in [0.2, 0.25) is 0 Å². The molecule has 0 aliphatic carbocycles. The first-order chi connectivity index (χ1) is 12.8. The molecule has 0 N–H and O–H groups in total. The van der Waals surface area contributed by atoms with Crippen LogP contribution in [0.4, 0.5) is 5.69 Å². The van der Waals surface area contributed by atoms with Gasteiger partial charge in [-0.15, -0.1) is 12.4 Å². The number of anilines is 1. The Morgan fingerprint density at radius 3 is 2.56 bits per heavy atom. The molecule has 3 aromatic rings. The fourth-order valence-corrected chi connectivity index (χ4v) is 4.14. The van der Waals surface area contributed by atoms with Gasteiger partial charge in [-0.3, -0.25) is 4.98 Å². The van der Waals surface area contributed by atoms with Gasteiger partial charge >= 0.3 is 0 Å². The maximum Gasteiger partial charge on any atom is 0.0429 e. The number of aryl methyl sites for hydroxylation is 3. The molecule has 142 valence electrons. The second-order valence-electron chi connectivity index (χ2n) is 7.50. The monoisotopic (exact) mass is 380 g/mol. The highest BCUT2D eigenvalue weighted by atomic mass is 35.5. The van der Waals surface area contributed by atoms with Gasteiger partial charge in [0.05, 0.1) is 0 Å². The number of nitrogens with zero attached hydrogens (tertiary/aromatic N) is 2. The summed E-state index contributed by atoms with van der Waals surface area (Å²) in [5.74, 6) is 0. The molecule has 1 aliphatic heterocycles. The van der Waals surface area contributed by atoms with Crippen molar-refractivity contribution in [3.8, 4) is 0 Å². The lowest BCUT2D eigenvalue weighted by atomic mass is 9.99. The van der Waals surface area contributed by atoms with Gasteiger partial charge < -0.3 is 4.90 Å². The SMILES string of the molecule is Cc1cnc(CCCc2cccc3ccccc23)cc1N1CCCCC1.Cl. The van der Waals surface area contributed by atoms with E-state index in [1.807, 2.05) is 0 Å². The van der Waals surface area contributed by atoms with Crippen molar-refractivity contribution in [2.75, 3.05) is 18.0 Å². The van der Waals surface area contributed by atoms with E-state index in [-0.39, 0.29) is 12.4 Å². The average molecular weight is 381 g/mol. The van der Waals surface area contributed by atoms with E-state index in [1.54, 1.807) is 0 Å². The molecule has 2 nitrogen and oxygen atoms in total. The molecule has 0 radical (unpaired) electrons. The van der Waals surface area contributed by atoms with Crippen molar-refractivity contribution >= 4 is 28.9 Å². The van der Waals surface area contributed by atoms with E-state index < -0.39 is 0 Å². The van der Waals surface area contributed by atoms with Crippen LogP contribution in [0.2, 0.25) is 0 Å². The average Bonchev–Trinajstić information content (AvgIpc) is 2.70. The van der Waals surface area contributed by atoms with Crippen LogP contribution >= 0.6 is 12.4 Å². The molecule has 0 amide bonds. The molecule has 0 saturated carbocycles. The summed E-state index contributed by atoms with van der Waals surface area (Å²) >= 11 is 0. The highest BCUT2D eigenvalue weighted by molar-refractivity contribution is 5.86. The molecule has 27 heavy (non-hydrogen) atoms. The number of benzene rings is 2. The lowest BCUT2D eigenvalue weighted by Gasteiger charge is -2.30. The molecular formula is C24H29ClN2. The van der Waals surface area contributed by atoms with Crippen LogP contribution in [-0.2, 0) is 12.8 Å². The van der Waals surface area contributed by atoms with E-state index in [9.17, 15) is 0 Å². The summed E-state index contributed by atoms with van der Waals surface area (Å²) in [6.45, 7) is 4.58. The zero-order valence-electron chi connectivity index (χ0n) is 16.2. The quantitative estimate of drug-likeness (QED) is 0.529. The molecule has 0 unspecified atom stereocenters. The van der Waals surface area contributed by atoms with Crippen LogP contribution in [0.5, 0.6) is 0 Å². The molecule has 0 bridgehead atoms. The Morgan fingerprint density at radius 2 is 1.70 bits per heavy atom. The third-order valence-corrected chi connectivity index (χ3v) is 5.59. The Bertz CT molecular complexity index is 879. The van der Waals surface area contributed by atoms with Crippen LogP contribution in [0.3, 0.4) is 0 Å².